The minimum atomic E-state index is -1.57. The number of amides is 1. The summed E-state index contributed by atoms with van der Waals surface area (Å²) in [4.78, 5) is 25.1. The zero-order valence-electron chi connectivity index (χ0n) is 55.8. The molecule has 11 heteroatoms. The molecule has 11 nitrogen and oxygen atoms in total. The first-order chi connectivity index (χ1) is 41.7. The predicted molar refractivity (Wildman–Crippen MR) is 357 cm³/mol. The first kappa shape index (κ1) is 81.2. The van der Waals surface area contributed by atoms with Crippen LogP contribution >= 0.6 is 0 Å². The predicted octanol–water partition coefficient (Wildman–Crippen LogP) is 19.2. The largest absolute Gasteiger partial charge is 0.466 e. The average Bonchev–Trinajstić information content (AvgIpc) is 3.39. The van der Waals surface area contributed by atoms with Gasteiger partial charge in [-0.15, -0.1) is 0 Å². The second kappa shape index (κ2) is 63.7. The molecule has 7 unspecified atom stereocenters. The lowest BCUT2D eigenvalue weighted by atomic mass is 9.99. The minimum Gasteiger partial charge on any atom is -0.466 e. The molecule has 0 radical (unpaired) electrons. The van der Waals surface area contributed by atoms with Gasteiger partial charge in [-0.3, -0.25) is 9.59 Å². The first-order valence-electron chi connectivity index (χ1n) is 37.1. The van der Waals surface area contributed by atoms with Crippen LogP contribution in [0.15, 0.2) is 24.3 Å². The van der Waals surface area contributed by atoms with Crippen molar-refractivity contribution >= 4 is 11.9 Å². The molecule has 1 rings (SSSR count). The molecule has 0 aromatic rings. The summed E-state index contributed by atoms with van der Waals surface area (Å²) in [6.07, 6.45) is 70.5. The summed E-state index contributed by atoms with van der Waals surface area (Å²) in [5.41, 5.74) is 0. The number of hydrogen-bond donors (Lipinski definition) is 6. The molecule has 0 aromatic heterocycles. The number of hydrogen-bond acceptors (Lipinski definition) is 10. The number of aliphatic hydroxyl groups is 5. The van der Waals surface area contributed by atoms with Crippen LogP contribution in [-0.4, -0.2) is 100 Å². The number of ether oxygens (including phenoxy) is 3. The minimum absolute atomic E-state index is 0.0143. The van der Waals surface area contributed by atoms with Crippen LogP contribution in [0.2, 0.25) is 0 Å². The van der Waals surface area contributed by atoms with Crippen LogP contribution in [-0.2, 0) is 23.8 Å². The van der Waals surface area contributed by atoms with Crippen LogP contribution < -0.4 is 5.32 Å². The van der Waals surface area contributed by atoms with Crippen molar-refractivity contribution in [3.63, 3.8) is 0 Å². The summed E-state index contributed by atoms with van der Waals surface area (Å²) >= 11 is 0. The molecule has 0 aromatic carbocycles. The number of unbranched alkanes of at least 4 members (excludes halogenated alkanes) is 50. The van der Waals surface area contributed by atoms with E-state index in [4.69, 9.17) is 14.2 Å². The van der Waals surface area contributed by atoms with Gasteiger partial charge in [0.05, 0.1) is 32.0 Å². The molecule has 0 saturated carbocycles. The van der Waals surface area contributed by atoms with E-state index in [1.165, 1.54) is 295 Å². The topological polar surface area (TPSA) is 175 Å². The van der Waals surface area contributed by atoms with E-state index in [9.17, 15) is 35.1 Å². The fourth-order valence-electron chi connectivity index (χ4n) is 12.0. The van der Waals surface area contributed by atoms with Gasteiger partial charge in [0.25, 0.3) is 0 Å². The fraction of sp³-hybridized carbons (Fsp3) is 0.919. The van der Waals surface area contributed by atoms with Gasteiger partial charge in [-0.25, -0.2) is 0 Å². The Labute approximate surface area is 524 Å². The van der Waals surface area contributed by atoms with Gasteiger partial charge in [-0.1, -0.05) is 327 Å². The standard InChI is InChI=1S/C74H141NO10/c1-3-5-7-9-11-13-15-16-39-42-46-50-54-58-62-70(79)83-63-59-55-51-47-43-40-37-35-33-31-29-27-25-23-21-19-17-18-20-22-24-26-28-30-32-34-36-38-41-45-49-53-57-61-69(78)75-66(65-84-74-73(82)72(81)71(80)68(64-76)85-74)67(77)60-56-52-48-44-14-12-10-8-6-4-2/h21,23,56,60,66-68,71-74,76-77,80-82H,3-20,22,24-55,57-59,61-65H2,1-2H3,(H,75,78)/b23-21-,60-56+. The fourth-order valence-corrected chi connectivity index (χ4v) is 12.0. The number of nitrogens with one attached hydrogen (secondary N) is 1. The molecule has 7 atom stereocenters. The van der Waals surface area contributed by atoms with E-state index in [2.05, 4.69) is 31.3 Å². The van der Waals surface area contributed by atoms with Crippen LogP contribution in [0, 0.1) is 0 Å². The summed E-state index contributed by atoms with van der Waals surface area (Å²) in [6, 6.07) is -0.806. The van der Waals surface area contributed by atoms with E-state index >= 15 is 0 Å². The Bertz CT molecular complexity index is 1460. The molecule has 0 spiro atoms. The number of rotatable bonds is 66. The van der Waals surface area contributed by atoms with Gasteiger partial charge in [0.2, 0.25) is 5.91 Å². The summed E-state index contributed by atoms with van der Waals surface area (Å²) in [6.45, 7) is 4.37. The van der Waals surface area contributed by atoms with Crippen LogP contribution in [0.1, 0.15) is 373 Å². The molecule has 6 N–H and O–H groups in total. The molecule has 1 saturated heterocycles. The highest BCUT2D eigenvalue weighted by Crippen LogP contribution is 2.24. The molecule has 0 bridgehead atoms. The third-order valence-electron chi connectivity index (χ3n) is 17.8. The van der Waals surface area contributed by atoms with E-state index in [0.29, 0.717) is 19.4 Å². The second-order valence-electron chi connectivity index (χ2n) is 26.0. The Morgan fingerprint density at radius 3 is 1.13 bits per heavy atom. The van der Waals surface area contributed by atoms with Crippen LogP contribution in [0.4, 0.5) is 0 Å². The van der Waals surface area contributed by atoms with Crippen molar-refractivity contribution in [1.82, 2.24) is 5.32 Å². The average molecular weight is 1200 g/mol. The van der Waals surface area contributed by atoms with Gasteiger partial charge in [0.15, 0.2) is 6.29 Å². The smallest absolute Gasteiger partial charge is 0.305 e. The summed E-state index contributed by atoms with van der Waals surface area (Å²) in [7, 11) is 0. The van der Waals surface area contributed by atoms with Gasteiger partial charge in [-0.2, -0.15) is 0 Å². The number of carbonyl (C=O) groups is 2. The van der Waals surface area contributed by atoms with Gasteiger partial charge >= 0.3 is 5.97 Å². The molecule has 1 aliphatic heterocycles. The van der Waals surface area contributed by atoms with E-state index in [1.807, 2.05) is 6.08 Å². The normalized spacial score (nSPS) is 18.0. The van der Waals surface area contributed by atoms with Crippen LogP contribution in [0.25, 0.3) is 0 Å². The highest BCUT2D eigenvalue weighted by molar-refractivity contribution is 5.76. The Balaban J connectivity index is 1.90. The van der Waals surface area contributed by atoms with E-state index in [-0.39, 0.29) is 18.5 Å². The Morgan fingerprint density at radius 1 is 0.424 bits per heavy atom. The molecular formula is C74H141NO10. The molecule has 502 valence electrons. The lowest BCUT2D eigenvalue weighted by Crippen LogP contribution is -2.60. The van der Waals surface area contributed by atoms with Crippen LogP contribution in [0.3, 0.4) is 0 Å². The van der Waals surface area contributed by atoms with E-state index in [0.717, 1.165) is 51.4 Å². The Kier molecular flexibility index (Phi) is 60.8. The van der Waals surface area contributed by atoms with Gasteiger partial charge in [0.1, 0.15) is 24.4 Å². The summed E-state index contributed by atoms with van der Waals surface area (Å²) in [5, 5.41) is 54.4. The quantitative estimate of drug-likeness (QED) is 0.0195. The summed E-state index contributed by atoms with van der Waals surface area (Å²) in [5.74, 6) is -0.164. The lowest BCUT2D eigenvalue weighted by Gasteiger charge is -2.40. The third-order valence-corrected chi connectivity index (χ3v) is 17.8. The molecule has 1 amide bonds. The molecule has 1 heterocycles. The maximum Gasteiger partial charge on any atom is 0.305 e. The summed E-state index contributed by atoms with van der Waals surface area (Å²) < 4.78 is 16.7. The third kappa shape index (κ3) is 52.6. The lowest BCUT2D eigenvalue weighted by molar-refractivity contribution is -0.302. The van der Waals surface area contributed by atoms with Crippen molar-refractivity contribution in [3.05, 3.63) is 24.3 Å². The van der Waals surface area contributed by atoms with Crippen molar-refractivity contribution in [2.45, 2.75) is 416 Å². The highest BCUT2D eigenvalue weighted by atomic mass is 16.7. The Morgan fingerprint density at radius 2 is 0.753 bits per heavy atom. The number of allylic oxidation sites excluding steroid dienone is 3. The second-order valence-corrected chi connectivity index (χ2v) is 26.0. The monoisotopic (exact) mass is 1200 g/mol. The van der Waals surface area contributed by atoms with Gasteiger partial charge in [-0.05, 0) is 57.8 Å². The number of carbonyl (C=O) groups excluding carboxylic acids is 2. The van der Waals surface area contributed by atoms with Crippen molar-refractivity contribution in [2.24, 2.45) is 0 Å². The number of esters is 1. The van der Waals surface area contributed by atoms with Crippen molar-refractivity contribution < 1.29 is 49.3 Å². The van der Waals surface area contributed by atoms with Crippen molar-refractivity contribution in [2.75, 3.05) is 19.8 Å². The van der Waals surface area contributed by atoms with Gasteiger partial charge in [0, 0.05) is 12.8 Å². The highest BCUT2D eigenvalue weighted by Gasteiger charge is 2.44. The maximum absolute atomic E-state index is 13.0. The Hall–Kier alpha value is -1.86. The first-order valence-corrected chi connectivity index (χ1v) is 37.1. The van der Waals surface area contributed by atoms with E-state index in [1.54, 1.807) is 6.08 Å². The van der Waals surface area contributed by atoms with Gasteiger partial charge < -0.3 is 45.1 Å². The zero-order valence-corrected chi connectivity index (χ0v) is 55.8. The maximum atomic E-state index is 13.0. The molecule has 0 aliphatic carbocycles. The van der Waals surface area contributed by atoms with Crippen LogP contribution in [0.5, 0.6) is 0 Å². The van der Waals surface area contributed by atoms with E-state index < -0.39 is 49.5 Å². The SMILES string of the molecule is CCCCCCCCCC/C=C/C(O)C(COC1OC(CO)C(O)C(O)C1O)NC(=O)CCCCCCCCCCCCCCCCCCC/C=C\CCCCCCCCCCCCCCOC(=O)CCCCCCCCCCCCCCCC. The van der Waals surface area contributed by atoms with Crippen molar-refractivity contribution in [3.8, 4) is 0 Å². The molecular weight excluding hydrogens is 1060 g/mol. The molecule has 1 fully saturated rings. The molecule has 1 aliphatic rings. The van der Waals surface area contributed by atoms with Crippen molar-refractivity contribution in [1.29, 1.82) is 0 Å². The number of aliphatic hydroxyl groups excluding tert-OH is 5. The molecule has 85 heavy (non-hydrogen) atoms. The zero-order chi connectivity index (χ0) is 61.6.